The predicted octanol–water partition coefficient (Wildman–Crippen LogP) is 3.49. The first-order valence-electron chi connectivity index (χ1n) is 9.29. The monoisotopic (exact) mass is 450 g/mol. The van der Waals surface area contributed by atoms with Crippen molar-refractivity contribution < 1.29 is 31.9 Å². The molecule has 7 nitrogen and oxygen atoms in total. The van der Waals surface area contributed by atoms with Gasteiger partial charge in [-0.2, -0.15) is 18.3 Å². The largest absolute Gasteiger partial charge is 0.459 e. The van der Waals surface area contributed by atoms with Crippen molar-refractivity contribution in [2.75, 3.05) is 0 Å². The van der Waals surface area contributed by atoms with Crippen LogP contribution < -0.4 is 5.73 Å². The lowest BCUT2D eigenvalue weighted by atomic mass is 10.0. The van der Waals surface area contributed by atoms with E-state index in [1.165, 1.54) is 23.9 Å². The Morgan fingerprint density at radius 1 is 1.19 bits per heavy atom. The van der Waals surface area contributed by atoms with Crippen LogP contribution in [0.15, 0.2) is 36.5 Å². The Balaban J connectivity index is 2.00. The van der Waals surface area contributed by atoms with Crippen LogP contribution in [0.25, 0.3) is 5.69 Å². The molecular weight excluding hydrogens is 432 g/mol. The van der Waals surface area contributed by atoms with Gasteiger partial charge in [0.2, 0.25) is 0 Å². The lowest BCUT2D eigenvalue weighted by Gasteiger charge is -2.11. The van der Waals surface area contributed by atoms with Crippen LogP contribution in [-0.4, -0.2) is 26.6 Å². The second-order valence-corrected chi connectivity index (χ2v) is 6.99. The summed E-state index contributed by atoms with van der Waals surface area (Å²) in [6.45, 7) is 2.49. The molecule has 2 N–H and O–H groups in total. The van der Waals surface area contributed by atoms with Gasteiger partial charge in [0.25, 0.3) is 5.91 Å². The average molecular weight is 450 g/mol. The van der Waals surface area contributed by atoms with Crippen LogP contribution in [0, 0.1) is 12.7 Å². The third kappa shape index (κ3) is 5.10. The average Bonchev–Trinajstić information content (AvgIpc) is 3.02. The number of alkyl halides is 3. The number of pyridine rings is 1. The predicted molar refractivity (Wildman–Crippen MR) is 104 cm³/mol. The molecule has 0 unspecified atom stereocenters. The second kappa shape index (κ2) is 8.77. The Bertz CT molecular complexity index is 1190. The van der Waals surface area contributed by atoms with Crippen LogP contribution in [0.2, 0.25) is 0 Å². The molecule has 0 spiro atoms. The van der Waals surface area contributed by atoms with Gasteiger partial charge in [-0.3, -0.25) is 14.6 Å². The number of esters is 1. The van der Waals surface area contributed by atoms with Crippen molar-refractivity contribution in [3.8, 4) is 5.69 Å². The fourth-order valence-corrected chi connectivity index (χ4v) is 3.23. The topological polar surface area (TPSA) is 100 Å². The minimum Gasteiger partial charge on any atom is -0.459 e. The first-order chi connectivity index (χ1) is 15.0. The number of halogens is 4. The highest BCUT2D eigenvalue weighted by Crippen LogP contribution is 2.31. The number of nitrogens with two attached hydrogens (primary N) is 1. The summed E-state index contributed by atoms with van der Waals surface area (Å²) in [5.41, 5.74) is 5.77. The van der Waals surface area contributed by atoms with Crippen molar-refractivity contribution in [3.63, 3.8) is 0 Å². The number of aryl methyl sites for hydroxylation is 1. The van der Waals surface area contributed by atoms with E-state index >= 15 is 0 Å². The summed E-state index contributed by atoms with van der Waals surface area (Å²) in [4.78, 5) is 27.2. The number of carbonyl (C=O) groups is 2. The van der Waals surface area contributed by atoms with E-state index in [0.29, 0.717) is 23.1 Å². The molecule has 3 rings (SSSR count). The van der Waals surface area contributed by atoms with E-state index in [9.17, 15) is 27.2 Å². The van der Waals surface area contributed by atoms with Crippen LogP contribution in [-0.2, 0) is 28.7 Å². The maximum atomic E-state index is 13.7. The first-order valence-corrected chi connectivity index (χ1v) is 9.29. The maximum Gasteiger partial charge on any atom is 0.416 e. The summed E-state index contributed by atoms with van der Waals surface area (Å²) >= 11 is 0. The smallest absolute Gasteiger partial charge is 0.416 e. The van der Waals surface area contributed by atoms with Gasteiger partial charge in [-0.05, 0) is 42.8 Å². The molecular formula is C21H18F4N4O3. The molecule has 0 radical (unpaired) electrons. The van der Waals surface area contributed by atoms with Gasteiger partial charge < -0.3 is 10.5 Å². The fourth-order valence-electron chi connectivity index (χ4n) is 3.23. The van der Waals surface area contributed by atoms with Crippen LogP contribution in [0.5, 0.6) is 0 Å². The van der Waals surface area contributed by atoms with Gasteiger partial charge in [-0.15, -0.1) is 0 Å². The summed E-state index contributed by atoms with van der Waals surface area (Å²) in [6.07, 6.45) is -3.38. The van der Waals surface area contributed by atoms with Crippen molar-refractivity contribution in [2.45, 2.75) is 33.1 Å². The molecule has 0 bridgehead atoms. The van der Waals surface area contributed by atoms with Crippen LogP contribution in [0.3, 0.4) is 0 Å². The molecule has 0 saturated heterocycles. The third-order valence-corrected chi connectivity index (χ3v) is 4.53. The molecule has 168 valence electrons. The standard InChI is InChI=1S/C21H18F4N4O3/c1-11-19(20(26)31)18(10-32-12(2)30)29(28-11)17-3-4-27-16(9-17)7-13-5-14(21(23,24)25)8-15(22)6-13/h3-6,8-9H,7,10H2,1-2H3,(H2,26,31). The number of aromatic nitrogens is 3. The Kier molecular flexibility index (Phi) is 6.28. The van der Waals surface area contributed by atoms with Gasteiger partial charge in [-0.1, -0.05) is 0 Å². The number of hydrogen-bond acceptors (Lipinski definition) is 5. The zero-order valence-corrected chi connectivity index (χ0v) is 17.0. The molecule has 1 amide bonds. The minimum atomic E-state index is -4.69. The number of carbonyl (C=O) groups excluding carboxylic acids is 2. The Morgan fingerprint density at radius 3 is 2.53 bits per heavy atom. The Morgan fingerprint density at radius 2 is 1.91 bits per heavy atom. The van der Waals surface area contributed by atoms with E-state index in [2.05, 4.69) is 10.1 Å². The number of benzene rings is 1. The number of rotatable bonds is 6. The molecule has 3 aromatic rings. The van der Waals surface area contributed by atoms with E-state index in [4.69, 9.17) is 10.5 Å². The number of hydrogen-bond donors (Lipinski definition) is 1. The molecule has 2 aromatic heterocycles. The molecule has 2 heterocycles. The van der Waals surface area contributed by atoms with E-state index in [0.717, 1.165) is 12.1 Å². The summed E-state index contributed by atoms with van der Waals surface area (Å²) in [6, 6.07) is 5.34. The summed E-state index contributed by atoms with van der Waals surface area (Å²) < 4.78 is 59.0. The lowest BCUT2D eigenvalue weighted by Crippen LogP contribution is -2.16. The van der Waals surface area contributed by atoms with Gasteiger partial charge in [0, 0.05) is 25.2 Å². The van der Waals surface area contributed by atoms with Gasteiger partial charge >= 0.3 is 12.1 Å². The number of nitrogens with zero attached hydrogens (tertiary/aromatic N) is 3. The van der Waals surface area contributed by atoms with Crippen molar-refractivity contribution >= 4 is 11.9 Å². The van der Waals surface area contributed by atoms with Crippen LogP contribution in [0.1, 0.15) is 45.5 Å². The molecule has 32 heavy (non-hydrogen) atoms. The molecule has 0 atom stereocenters. The van der Waals surface area contributed by atoms with Crippen LogP contribution in [0.4, 0.5) is 17.6 Å². The SMILES string of the molecule is CC(=O)OCc1c(C(N)=O)c(C)nn1-c1ccnc(Cc2cc(F)cc(C(F)(F)F)c2)c1. The summed E-state index contributed by atoms with van der Waals surface area (Å²) in [7, 11) is 0. The quantitative estimate of drug-likeness (QED) is 0.458. The normalized spacial score (nSPS) is 11.4. The molecule has 0 fully saturated rings. The fraction of sp³-hybridized carbons (Fsp3) is 0.238. The number of ether oxygens (including phenoxy) is 1. The third-order valence-electron chi connectivity index (χ3n) is 4.53. The van der Waals surface area contributed by atoms with Crippen molar-refractivity contribution in [2.24, 2.45) is 5.73 Å². The highest BCUT2D eigenvalue weighted by molar-refractivity contribution is 5.95. The molecule has 1 aromatic carbocycles. The summed E-state index contributed by atoms with van der Waals surface area (Å²) in [5.74, 6) is -2.35. The summed E-state index contributed by atoms with van der Waals surface area (Å²) in [5, 5.41) is 4.28. The number of amides is 1. The molecule has 0 aliphatic heterocycles. The second-order valence-electron chi connectivity index (χ2n) is 6.99. The van der Waals surface area contributed by atoms with E-state index in [1.807, 2.05) is 0 Å². The molecule has 0 saturated carbocycles. The van der Waals surface area contributed by atoms with Gasteiger partial charge in [0.05, 0.1) is 28.2 Å². The highest BCUT2D eigenvalue weighted by atomic mass is 19.4. The van der Waals surface area contributed by atoms with Crippen molar-refractivity contribution in [3.05, 3.63) is 76.1 Å². The molecule has 0 aliphatic rings. The van der Waals surface area contributed by atoms with E-state index in [-0.39, 0.29) is 29.8 Å². The minimum absolute atomic E-state index is 0.0802. The Labute approximate surface area is 179 Å². The first kappa shape index (κ1) is 22.9. The van der Waals surface area contributed by atoms with Gasteiger partial charge in [0.1, 0.15) is 12.4 Å². The lowest BCUT2D eigenvalue weighted by molar-refractivity contribution is -0.142. The van der Waals surface area contributed by atoms with E-state index < -0.39 is 29.4 Å². The van der Waals surface area contributed by atoms with Crippen molar-refractivity contribution in [1.29, 1.82) is 0 Å². The van der Waals surface area contributed by atoms with Crippen molar-refractivity contribution in [1.82, 2.24) is 14.8 Å². The highest BCUT2D eigenvalue weighted by Gasteiger charge is 2.31. The maximum absolute atomic E-state index is 13.7. The molecule has 0 aliphatic carbocycles. The van der Waals surface area contributed by atoms with Crippen LogP contribution >= 0.6 is 0 Å². The van der Waals surface area contributed by atoms with E-state index in [1.54, 1.807) is 13.0 Å². The van der Waals surface area contributed by atoms with Gasteiger partial charge in [-0.25, -0.2) is 9.07 Å². The Hall–Kier alpha value is -3.76. The molecule has 11 heteroatoms. The van der Waals surface area contributed by atoms with Gasteiger partial charge in [0.15, 0.2) is 0 Å². The number of primary amides is 1. The zero-order valence-electron chi connectivity index (χ0n) is 17.0. The zero-order chi connectivity index (χ0) is 23.6.